The van der Waals surface area contributed by atoms with E-state index >= 15 is 0 Å². The molecule has 1 saturated heterocycles. The Balaban J connectivity index is 1.82. The first kappa shape index (κ1) is 11.4. The van der Waals surface area contributed by atoms with Crippen molar-refractivity contribution >= 4 is 6.09 Å². The normalized spacial score (nSPS) is 17.3. The molecule has 2 N–H and O–H groups in total. The van der Waals surface area contributed by atoms with Gasteiger partial charge in [-0.1, -0.05) is 18.1 Å². The molecular formula is C14H11N3O2. The van der Waals surface area contributed by atoms with Crippen molar-refractivity contribution in [2.24, 2.45) is 0 Å². The number of aromatic amines is 1. The number of rotatable bonds is 1. The third kappa shape index (κ3) is 2.58. The third-order valence-electron chi connectivity index (χ3n) is 2.79. The van der Waals surface area contributed by atoms with Crippen LogP contribution in [0.3, 0.4) is 0 Å². The van der Waals surface area contributed by atoms with Crippen LogP contribution in [0.2, 0.25) is 0 Å². The first-order chi connectivity index (χ1) is 9.31. The minimum absolute atomic E-state index is 0.0992. The Morgan fingerprint density at radius 1 is 1.37 bits per heavy atom. The van der Waals surface area contributed by atoms with Crippen molar-refractivity contribution in [2.75, 3.05) is 6.61 Å². The van der Waals surface area contributed by atoms with Gasteiger partial charge in [0.15, 0.2) is 5.82 Å². The summed E-state index contributed by atoms with van der Waals surface area (Å²) in [7, 11) is 0. The maximum atomic E-state index is 11.0. The minimum Gasteiger partial charge on any atom is -0.447 e. The second-order valence-corrected chi connectivity index (χ2v) is 4.11. The molecule has 1 amide bonds. The summed E-state index contributed by atoms with van der Waals surface area (Å²) in [5.41, 5.74) is 1.85. The smallest absolute Gasteiger partial charge is 0.407 e. The van der Waals surface area contributed by atoms with Crippen molar-refractivity contribution in [3.63, 3.8) is 0 Å². The molecule has 3 rings (SSSR count). The monoisotopic (exact) mass is 253 g/mol. The summed E-state index contributed by atoms with van der Waals surface area (Å²) < 4.78 is 4.88. The predicted molar refractivity (Wildman–Crippen MR) is 68.2 cm³/mol. The fraction of sp³-hybridized carbons (Fsp3) is 0.143. The topological polar surface area (TPSA) is 67.0 Å². The van der Waals surface area contributed by atoms with Crippen molar-refractivity contribution < 1.29 is 9.53 Å². The van der Waals surface area contributed by atoms with Crippen molar-refractivity contribution in [3.05, 3.63) is 53.6 Å². The van der Waals surface area contributed by atoms with Gasteiger partial charge in [-0.25, -0.2) is 9.78 Å². The number of nitrogens with one attached hydrogen (secondary N) is 2. The number of aromatic nitrogens is 2. The fourth-order valence-corrected chi connectivity index (χ4v) is 1.86. The standard InChI is InChI=1S/C14H11N3O2/c18-14-17-12(9-19-14)11-3-1-2-10(8-11)4-5-13-15-6-7-16-13/h1-3,6-8,12H,9H2,(H,15,16)(H,17,18)/t12-/m0/s1. The molecule has 0 saturated carbocycles. The molecule has 5 nitrogen and oxygen atoms in total. The SMILES string of the molecule is O=C1N[C@H](c2cccc(C#Cc3ncc[nH]3)c2)CO1. The summed E-state index contributed by atoms with van der Waals surface area (Å²) in [6.07, 6.45) is 3.01. The molecule has 0 bridgehead atoms. The molecule has 1 aliphatic heterocycles. The Kier molecular flexibility index (Phi) is 2.91. The van der Waals surface area contributed by atoms with Crippen LogP contribution >= 0.6 is 0 Å². The number of H-pyrrole nitrogens is 1. The molecule has 0 radical (unpaired) electrons. The number of carbonyl (C=O) groups excluding carboxylic acids is 1. The number of cyclic esters (lactones) is 1. The zero-order valence-electron chi connectivity index (χ0n) is 10.0. The lowest BCUT2D eigenvalue weighted by Crippen LogP contribution is -2.18. The summed E-state index contributed by atoms with van der Waals surface area (Å²) in [6.45, 7) is 0.355. The van der Waals surface area contributed by atoms with Crippen LogP contribution in [0.1, 0.15) is 23.0 Å². The molecule has 2 aromatic rings. The van der Waals surface area contributed by atoms with Gasteiger partial charge in [-0.3, -0.25) is 0 Å². The minimum atomic E-state index is -0.378. The van der Waals surface area contributed by atoms with Gasteiger partial charge >= 0.3 is 6.09 Å². The molecule has 0 spiro atoms. The number of hydrogen-bond donors (Lipinski definition) is 2. The van der Waals surface area contributed by atoms with Gasteiger partial charge < -0.3 is 15.0 Å². The van der Waals surface area contributed by atoms with Crippen LogP contribution in [0.5, 0.6) is 0 Å². The van der Waals surface area contributed by atoms with Gasteiger partial charge in [0.25, 0.3) is 0 Å². The van der Waals surface area contributed by atoms with Gasteiger partial charge in [-0.05, 0) is 23.6 Å². The van der Waals surface area contributed by atoms with Crippen LogP contribution in [0.15, 0.2) is 36.7 Å². The van der Waals surface area contributed by atoms with E-state index in [2.05, 4.69) is 27.1 Å². The van der Waals surface area contributed by atoms with E-state index in [1.54, 1.807) is 12.4 Å². The van der Waals surface area contributed by atoms with Gasteiger partial charge in [0.1, 0.15) is 6.61 Å². The molecule has 94 valence electrons. The summed E-state index contributed by atoms with van der Waals surface area (Å²) >= 11 is 0. The van der Waals surface area contributed by atoms with Crippen LogP contribution in [-0.2, 0) is 4.74 Å². The third-order valence-corrected chi connectivity index (χ3v) is 2.79. The van der Waals surface area contributed by atoms with E-state index in [1.165, 1.54) is 0 Å². The highest BCUT2D eigenvalue weighted by Gasteiger charge is 2.23. The number of benzene rings is 1. The van der Waals surface area contributed by atoms with E-state index in [9.17, 15) is 4.79 Å². The van der Waals surface area contributed by atoms with Crippen molar-refractivity contribution in [1.82, 2.24) is 15.3 Å². The van der Waals surface area contributed by atoms with E-state index in [-0.39, 0.29) is 12.1 Å². The van der Waals surface area contributed by atoms with Gasteiger partial charge in [0.05, 0.1) is 6.04 Å². The van der Waals surface area contributed by atoms with E-state index in [0.29, 0.717) is 12.4 Å². The quantitative estimate of drug-likeness (QED) is 0.758. The van der Waals surface area contributed by atoms with Crippen molar-refractivity contribution in [2.45, 2.75) is 6.04 Å². The van der Waals surface area contributed by atoms with Crippen molar-refractivity contribution in [1.29, 1.82) is 0 Å². The highest BCUT2D eigenvalue weighted by Crippen LogP contribution is 2.18. The average Bonchev–Trinajstić information content (AvgIpc) is 3.08. The number of imidazole rings is 1. The largest absolute Gasteiger partial charge is 0.447 e. The lowest BCUT2D eigenvalue weighted by molar-refractivity contribution is 0.177. The van der Waals surface area contributed by atoms with Crippen LogP contribution in [0.25, 0.3) is 0 Å². The highest BCUT2D eigenvalue weighted by molar-refractivity contribution is 5.70. The van der Waals surface area contributed by atoms with Gasteiger partial charge in [-0.15, -0.1) is 0 Å². The molecule has 0 aliphatic carbocycles. The highest BCUT2D eigenvalue weighted by atomic mass is 16.6. The zero-order chi connectivity index (χ0) is 13.1. The van der Waals surface area contributed by atoms with Crippen LogP contribution < -0.4 is 5.32 Å². The summed E-state index contributed by atoms with van der Waals surface area (Å²) in [4.78, 5) is 18.0. The molecule has 19 heavy (non-hydrogen) atoms. The van der Waals surface area contributed by atoms with Crippen LogP contribution in [0.4, 0.5) is 4.79 Å². The number of carbonyl (C=O) groups is 1. The molecule has 1 atom stereocenters. The lowest BCUT2D eigenvalue weighted by atomic mass is 10.1. The Morgan fingerprint density at radius 3 is 3.05 bits per heavy atom. The zero-order valence-corrected chi connectivity index (χ0v) is 10.0. The summed E-state index contributed by atoms with van der Waals surface area (Å²) in [5, 5.41) is 2.74. The molecule has 2 heterocycles. The van der Waals surface area contributed by atoms with Crippen molar-refractivity contribution in [3.8, 4) is 11.8 Å². The number of nitrogens with zero attached hydrogens (tertiary/aromatic N) is 1. The summed E-state index contributed by atoms with van der Waals surface area (Å²) in [6, 6.07) is 7.61. The summed E-state index contributed by atoms with van der Waals surface area (Å²) in [5.74, 6) is 6.58. The predicted octanol–water partition coefficient (Wildman–Crippen LogP) is 1.59. The Hall–Kier alpha value is -2.74. The molecule has 1 fully saturated rings. The number of ether oxygens (including phenoxy) is 1. The molecule has 0 unspecified atom stereocenters. The Morgan fingerprint density at radius 2 is 2.32 bits per heavy atom. The van der Waals surface area contributed by atoms with Gasteiger partial charge in [-0.2, -0.15) is 0 Å². The van der Waals surface area contributed by atoms with Crippen LogP contribution in [-0.4, -0.2) is 22.7 Å². The molecular weight excluding hydrogens is 242 g/mol. The van der Waals surface area contributed by atoms with Gasteiger partial charge in [0, 0.05) is 18.0 Å². The van der Waals surface area contributed by atoms with E-state index < -0.39 is 0 Å². The first-order valence-electron chi connectivity index (χ1n) is 5.86. The van der Waals surface area contributed by atoms with E-state index in [4.69, 9.17) is 4.74 Å². The van der Waals surface area contributed by atoms with Gasteiger partial charge in [0.2, 0.25) is 0 Å². The van der Waals surface area contributed by atoms with E-state index in [0.717, 1.165) is 11.1 Å². The number of amides is 1. The molecule has 5 heteroatoms. The maximum Gasteiger partial charge on any atom is 0.407 e. The Bertz CT molecular complexity index is 653. The second-order valence-electron chi connectivity index (χ2n) is 4.11. The average molecular weight is 253 g/mol. The van der Waals surface area contributed by atoms with E-state index in [1.807, 2.05) is 24.3 Å². The fourth-order valence-electron chi connectivity index (χ4n) is 1.86. The molecule has 1 aromatic carbocycles. The molecule has 1 aliphatic rings. The number of hydrogen-bond acceptors (Lipinski definition) is 3. The first-order valence-corrected chi connectivity index (χ1v) is 5.86. The second kappa shape index (κ2) is 4.86. The maximum absolute atomic E-state index is 11.0. The molecule has 1 aromatic heterocycles. The number of alkyl carbamates (subject to hydrolysis) is 1. The van der Waals surface area contributed by atoms with Crippen LogP contribution in [0, 0.1) is 11.8 Å². The lowest BCUT2D eigenvalue weighted by Gasteiger charge is -2.07. The Labute approximate surface area is 110 Å².